The molecule has 4 aromatic rings. The molecule has 1 fully saturated rings. The van der Waals surface area contributed by atoms with Gasteiger partial charge in [0.05, 0.1) is 5.69 Å². The summed E-state index contributed by atoms with van der Waals surface area (Å²) in [7, 11) is 0. The molecule has 5 rings (SSSR count). The zero-order chi connectivity index (χ0) is 21.2. The molecule has 0 spiro atoms. The fraction of sp³-hybridized carbons (Fsp3) is 0.0769. The number of aromatic nitrogens is 1. The van der Waals surface area contributed by atoms with Crippen molar-refractivity contribution in [3.63, 3.8) is 0 Å². The van der Waals surface area contributed by atoms with Crippen molar-refractivity contribution >= 4 is 11.4 Å². The van der Waals surface area contributed by atoms with Gasteiger partial charge in [-0.15, -0.1) is 17.8 Å². The van der Waals surface area contributed by atoms with Gasteiger partial charge >= 0.3 is 0 Å². The number of para-hydroxylation sites is 2. The van der Waals surface area contributed by atoms with Crippen LogP contribution >= 0.6 is 0 Å². The number of benzene rings is 3. The first-order chi connectivity index (χ1) is 15.2. The predicted molar refractivity (Wildman–Crippen MR) is 118 cm³/mol. The minimum absolute atomic E-state index is 0. The minimum Gasteiger partial charge on any atom is -0.522 e. The van der Waals surface area contributed by atoms with E-state index in [0.29, 0.717) is 11.4 Å². The summed E-state index contributed by atoms with van der Waals surface area (Å²) in [4.78, 5) is 8.99. The molecule has 32 heavy (non-hydrogen) atoms. The molecule has 3 nitrogen and oxygen atoms in total. The van der Waals surface area contributed by atoms with Crippen molar-refractivity contribution < 1.29 is 29.8 Å². The van der Waals surface area contributed by atoms with E-state index >= 15 is 0 Å². The van der Waals surface area contributed by atoms with Crippen LogP contribution in [0, 0.1) is 30.4 Å². The van der Waals surface area contributed by atoms with Crippen molar-refractivity contribution in [3.05, 3.63) is 109 Å². The Bertz CT molecular complexity index is 1220. The maximum atomic E-state index is 14.3. The van der Waals surface area contributed by atoms with Gasteiger partial charge in [-0.25, -0.2) is 0 Å². The monoisotopic (exact) mass is 605 g/mol. The molecule has 1 aromatic heterocycles. The van der Waals surface area contributed by atoms with Crippen molar-refractivity contribution in [2.24, 2.45) is 0 Å². The van der Waals surface area contributed by atoms with Crippen molar-refractivity contribution in [2.75, 3.05) is 22.9 Å². The molecule has 0 N–H and O–H groups in total. The molecule has 3 aromatic carbocycles. The Balaban J connectivity index is 0.00000245. The minimum atomic E-state index is -0.680. The first kappa shape index (κ1) is 22.2. The molecule has 0 aliphatic carbocycles. The van der Waals surface area contributed by atoms with Crippen LogP contribution in [0.5, 0.6) is 0 Å². The Morgan fingerprint density at radius 1 is 0.844 bits per heavy atom. The molecule has 1 saturated heterocycles. The Kier molecular flexibility index (Phi) is 6.66. The van der Waals surface area contributed by atoms with Gasteiger partial charge in [-0.3, -0.25) is 13.8 Å². The summed E-state index contributed by atoms with van der Waals surface area (Å²) in [6.07, 6.45) is 0. The van der Waals surface area contributed by atoms with Crippen molar-refractivity contribution in [2.45, 2.75) is 0 Å². The van der Waals surface area contributed by atoms with Crippen LogP contribution in [0.25, 0.3) is 22.5 Å². The third-order valence-electron chi connectivity index (χ3n) is 5.22. The van der Waals surface area contributed by atoms with Gasteiger partial charge in [0.25, 0.3) is 0 Å². The summed E-state index contributed by atoms with van der Waals surface area (Å²) in [6, 6.07) is 29.2. The fourth-order valence-corrected chi connectivity index (χ4v) is 3.73. The molecule has 0 atom stereocenters. The molecule has 0 radical (unpaired) electrons. The predicted octanol–water partition coefficient (Wildman–Crippen LogP) is 5.74. The standard InChI is InChI=1S/C26H18F2N3.Pt/c27-19-13-14-21(23(28)17-19)24-10-6-11-25(29-24)22-9-4-5-12-26(22)31-16-15-30(18-31)20-7-2-1-3-8-20;/h1-7,9-13,17-18H,15-16H2;/q-3;. The molecular weight excluding hydrogens is 587 g/mol. The number of rotatable bonds is 4. The van der Waals surface area contributed by atoms with Gasteiger partial charge in [-0.05, 0) is 17.8 Å². The summed E-state index contributed by atoms with van der Waals surface area (Å²) in [5.41, 5.74) is 4.24. The van der Waals surface area contributed by atoms with Gasteiger partial charge in [0.15, 0.2) is 0 Å². The molecular formula is C26H18F2N3Pt-3. The second kappa shape index (κ2) is 9.62. The molecule has 2 heterocycles. The van der Waals surface area contributed by atoms with Crippen LogP contribution < -0.4 is 9.80 Å². The van der Waals surface area contributed by atoms with E-state index in [1.54, 1.807) is 6.07 Å². The number of hydrogen-bond donors (Lipinski definition) is 0. The van der Waals surface area contributed by atoms with Gasteiger partial charge in [-0.1, -0.05) is 42.0 Å². The van der Waals surface area contributed by atoms with E-state index in [9.17, 15) is 8.78 Å². The van der Waals surface area contributed by atoms with Crippen molar-refractivity contribution in [1.29, 1.82) is 0 Å². The van der Waals surface area contributed by atoms with Crippen LogP contribution in [0.1, 0.15) is 0 Å². The molecule has 0 bridgehead atoms. The maximum absolute atomic E-state index is 14.3. The summed E-state index contributed by atoms with van der Waals surface area (Å²) in [6.45, 7) is 3.74. The SMILES string of the molecule is Fc1c[c-]c(-c2cccc(-c3ccccc3N3[CH-]N(c4[c-]cccc4)CC3)n2)c(F)c1.[Pt]. The van der Waals surface area contributed by atoms with Gasteiger partial charge in [-0.2, -0.15) is 37.0 Å². The number of hydrogen-bond acceptors (Lipinski definition) is 3. The Hall–Kier alpha value is -3.04. The third-order valence-corrected chi connectivity index (χ3v) is 5.22. The zero-order valence-corrected chi connectivity index (χ0v) is 19.2. The number of anilines is 2. The summed E-state index contributed by atoms with van der Waals surface area (Å²) in [5.74, 6) is -1.34. The molecule has 1 aliphatic heterocycles. The van der Waals surface area contributed by atoms with Gasteiger partial charge in [0, 0.05) is 57.0 Å². The second-order valence-electron chi connectivity index (χ2n) is 7.22. The van der Waals surface area contributed by atoms with E-state index in [4.69, 9.17) is 0 Å². The van der Waals surface area contributed by atoms with Crippen LogP contribution in [-0.2, 0) is 21.1 Å². The summed E-state index contributed by atoms with van der Waals surface area (Å²) in [5, 5.41) is 0. The van der Waals surface area contributed by atoms with E-state index in [1.165, 1.54) is 0 Å². The van der Waals surface area contributed by atoms with Crippen LogP contribution in [0.2, 0.25) is 0 Å². The summed E-state index contributed by atoms with van der Waals surface area (Å²) >= 11 is 0. The summed E-state index contributed by atoms with van der Waals surface area (Å²) < 4.78 is 27.5. The third kappa shape index (κ3) is 4.44. The topological polar surface area (TPSA) is 19.4 Å². The number of pyridine rings is 1. The first-order valence-corrected chi connectivity index (χ1v) is 9.97. The van der Waals surface area contributed by atoms with E-state index < -0.39 is 11.6 Å². The van der Waals surface area contributed by atoms with E-state index in [-0.39, 0.29) is 26.6 Å². The van der Waals surface area contributed by atoms with Crippen LogP contribution in [0.4, 0.5) is 20.2 Å². The molecule has 164 valence electrons. The average molecular weight is 606 g/mol. The second-order valence-corrected chi connectivity index (χ2v) is 7.22. The van der Waals surface area contributed by atoms with E-state index in [0.717, 1.165) is 42.2 Å². The van der Waals surface area contributed by atoms with Gasteiger partial charge in [0.2, 0.25) is 0 Å². The fourth-order valence-electron chi connectivity index (χ4n) is 3.73. The molecule has 0 amide bonds. The van der Waals surface area contributed by atoms with Crippen LogP contribution in [0.3, 0.4) is 0 Å². The normalized spacial score (nSPS) is 13.2. The first-order valence-electron chi connectivity index (χ1n) is 9.97. The van der Waals surface area contributed by atoms with Crippen molar-refractivity contribution in [3.8, 4) is 22.5 Å². The largest absolute Gasteiger partial charge is 0.522 e. The number of halogens is 2. The van der Waals surface area contributed by atoms with Crippen molar-refractivity contribution in [1.82, 2.24) is 4.98 Å². The van der Waals surface area contributed by atoms with E-state index in [2.05, 4.69) is 33.6 Å². The van der Waals surface area contributed by atoms with Gasteiger partial charge in [0.1, 0.15) is 0 Å². The Morgan fingerprint density at radius 3 is 2.44 bits per heavy atom. The van der Waals surface area contributed by atoms with Crippen LogP contribution in [-0.4, -0.2) is 18.1 Å². The molecule has 6 heteroatoms. The van der Waals surface area contributed by atoms with Crippen LogP contribution in [0.15, 0.2) is 78.9 Å². The zero-order valence-electron chi connectivity index (χ0n) is 16.9. The Labute approximate surface area is 200 Å². The van der Waals surface area contributed by atoms with E-state index in [1.807, 2.05) is 60.7 Å². The maximum Gasteiger partial charge on any atom is 0.0615 e. The quantitative estimate of drug-likeness (QED) is 0.277. The van der Waals surface area contributed by atoms with Gasteiger partial charge < -0.3 is 9.80 Å². The Morgan fingerprint density at radius 2 is 1.62 bits per heavy atom. The molecule has 0 unspecified atom stereocenters. The average Bonchev–Trinajstić information content (AvgIpc) is 3.30. The number of nitrogens with zero attached hydrogens (tertiary/aromatic N) is 3. The smallest absolute Gasteiger partial charge is 0.0615 e. The molecule has 0 saturated carbocycles. The molecule has 1 aliphatic rings.